The van der Waals surface area contributed by atoms with Gasteiger partial charge in [0.2, 0.25) is 0 Å². The molecule has 1 aliphatic rings. The maximum atomic E-state index is 10.5. The number of aliphatic carboxylic acids is 1. The molecule has 2 unspecified atom stereocenters. The van der Waals surface area contributed by atoms with Gasteiger partial charge in [0.25, 0.3) is 0 Å². The maximum absolute atomic E-state index is 10.5. The largest absolute Gasteiger partial charge is 0.490 e. The number of nitrogens with two attached hydrogens (primary N) is 1. The second-order valence-corrected chi connectivity index (χ2v) is 5.20. The topological polar surface area (TPSA) is 72.5 Å². The highest BCUT2D eigenvalue weighted by Gasteiger charge is 2.20. The molecule has 104 valence electrons. The third kappa shape index (κ3) is 4.56. The standard InChI is InChI=1S/C15H21NO3/c16-12-2-1-3-14(10-12)19-13-7-4-11(5-8-13)6-9-15(17)18/h4-5,7-8,12,14H,1-3,6,9-10,16H2,(H,17,18). The predicted octanol–water partition coefficient (Wildman–Crippen LogP) is 2.35. The maximum Gasteiger partial charge on any atom is 0.303 e. The van der Waals surface area contributed by atoms with Gasteiger partial charge in [-0.05, 0) is 49.8 Å². The van der Waals surface area contributed by atoms with Gasteiger partial charge in [0, 0.05) is 12.5 Å². The molecule has 0 amide bonds. The Hall–Kier alpha value is -1.55. The zero-order valence-electron chi connectivity index (χ0n) is 11.0. The van der Waals surface area contributed by atoms with Gasteiger partial charge in [0.15, 0.2) is 0 Å². The Morgan fingerprint density at radius 2 is 2.05 bits per heavy atom. The molecular weight excluding hydrogens is 242 g/mol. The molecule has 0 saturated heterocycles. The van der Waals surface area contributed by atoms with Crippen molar-refractivity contribution in [1.29, 1.82) is 0 Å². The smallest absolute Gasteiger partial charge is 0.303 e. The van der Waals surface area contributed by atoms with E-state index in [0.29, 0.717) is 6.42 Å². The molecule has 3 N–H and O–H groups in total. The van der Waals surface area contributed by atoms with E-state index < -0.39 is 5.97 Å². The van der Waals surface area contributed by atoms with Crippen LogP contribution < -0.4 is 10.5 Å². The first-order valence-corrected chi connectivity index (χ1v) is 6.86. The lowest BCUT2D eigenvalue weighted by molar-refractivity contribution is -0.136. The van der Waals surface area contributed by atoms with Crippen LogP contribution in [-0.4, -0.2) is 23.2 Å². The monoisotopic (exact) mass is 263 g/mol. The van der Waals surface area contributed by atoms with E-state index in [9.17, 15) is 4.79 Å². The Kier molecular flexibility index (Phi) is 4.80. The molecule has 0 aromatic heterocycles. The summed E-state index contributed by atoms with van der Waals surface area (Å²) in [6.45, 7) is 0. The number of ether oxygens (including phenoxy) is 1. The lowest BCUT2D eigenvalue weighted by Crippen LogP contribution is -2.33. The minimum absolute atomic E-state index is 0.164. The first-order chi connectivity index (χ1) is 9.13. The van der Waals surface area contributed by atoms with Crippen LogP contribution in [0.25, 0.3) is 0 Å². The fourth-order valence-corrected chi connectivity index (χ4v) is 2.47. The van der Waals surface area contributed by atoms with Crippen LogP contribution in [0.1, 0.15) is 37.7 Å². The van der Waals surface area contributed by atoms with Gasteiger partial charge in [0.05, 0.1) is 0 Å². The van der Waals surface area contributed by atoms with Crippen molar-refractivity contribution in [3.05, 3.63) is 29.8 Å². The van der Waals surface area contributed by atoms with E-state index in [1.54, 1.807) is 0 Å². The molecule has 19 heavy (non-hydrogen) atoms. The van der Waals surface area contributed by atoms with E-state index in [1.807, 2.05) is 24.3 Å². The van der Waals surface area contributed by atoms with Gasteiger partial charge < -0.3 is 15.6 Å². The summed E-state index contributed by atoms with van der Waals surface area (Å²) in [5, 5.41) is 8.63. The zero-order chi connectivity index (χ0) is 13.7. The number of aryl methyl sites for hydroxylation is 1. The molecule has 4 heteroatoms. The van der Waals surface area contributed by atoms with Gasteiger partial charge in [-0.15, -0.1) is 0 Å². The van der Waals surface area contributed by atoms with Gasteiger partial charge >= 0.3 is 5.97 Å². The van der Waals surface area contributed by atoms with E-state index in [4.69, 9.17) is 15.6 Å². The Morgan fingerprint density at radius 1 is 1.32 bits per heavy atom. The molecule has 1 saturated carbocycles. The van der Waals surface area contributed by atoms with Crippen LogP contribution in [-0.2, 0) is 11.2 Å². The zero-order valence-corrected chi connectivity index (χ0v) is 11.0. The summed E-state index contributed by atoms with van der Waals surface area (Å²) >= 11 is 0. The molecule has 2 atom stereocenters. The average Bonchev–Trinajstić information content (AvgIpc) is 2.38. The molecule has 0 aliphatic heterocycles. The van der Waals surface area contributed by atoms with E-state index >= 15 is 0 Å². The third-order valence-electron chi connectivity index (χ3n) is 3.52. The van der Waals surface area contributed by atoms with Crippen molar-refractivity contribution in [2.75, 3.05) is 0 Å². The molecule has 2 rings (SSSR count). The molecule has 0 heterocycles. The van der Waals surface area contributed by atoms with Crippen LogP contribution in [0.5, 0.6) is 5.75 Å². The number of hydrogen-bond acceptors (Lipinski definition) is 3. The van der Waals surface area contributed by atoms with Crippen molar-refractivity contribution in [3.63, 3.8) is 0 Å². The second-order valence-electron chi connectivity index (χ2n) is 5.20. The first-order valence-electron chi connectivity index (χ1n) is 6.86. The lowest BCUT2D eigenvalue weighted by Gasteiger charge is -2.27. The average molecular weight is 263 g/mol. The quantitative estimate of drug-likeness (QED) is 0.855. The van der Waals surface area contributed by atoms with Crippen LogP contribution in [0.2, 0.25) is 0 Å². The highest BCUT2D eigenvalue weighted by Crippen LogP contribution is 2.23. The van der Waals surface area contributed by atoms with Crippen LogP contribution >= 0.6 is 0 Å². The van der Waals surface area contributed by atoms with Gasteiger partial charge in [-0.25, -0.2) is 0 Å². The van der Waals surface area contributed by atoms with E-state index in [0.717, 1.165) is 37.0 Å². The van der Waals surface area contributed by atoms with Crippen molar-refractivity contribution in [3.8, 4) is 5.75 Å². The molecule has 0 radical (unpaired) electrons. The number of rotatable bonds is 5. The lowest BCUT2D eigenvalue weighted by atomic mass is 9.93. The number of benzene rings is 1. The minimum atomic E-state index is -0.767. The highest BCUT2D eigenvalue weighted by atomic mass is 16.5. The Balaban J connectivity index is 1.85. The molecule has 4 nitrogen and oxygen atoms in total. The summed E-state index contributed by atoms with van der Waals surface area (Å²) in [5.74, 6) is 0.0784. The summed E-state index contributed by atoms with van der Waals surface area (Å²) in [4.78, 5) is 10.5. The van der Waals surface area contributed by atoms with Crippen LogP contribution in [0, 0.1) is 0 Å². The predicted molar refractivity (Wildman–Crippen MR) is 73.3 cm³/mol. The Bertz CT molecular complexity index is 416. The summed E-state index contributed by atoms with van der Waals surface area (Å²) in [5.41, 5.74) is 6.96. The van der Waals surface area contributed by atoms with Crippen molar-refractivity contribution in [2.45, 2.75) is 50.7 Å². The van der Waals surface area contributed by atoms with Crippen molar-refractivity contribution < 1.29 is 14.6 Å². The molecule has 1 aliphatic carbocycles. The van der Waals surface area contributed by atoms with Crippen LogP contribution in [0.4, 0.5) is 0 Å². The fraction of sp³-hybridized carbons (Fsp3) is 0.533. The summed E-state index contributed by atoms with van der Waals surface area (Å²) in [6, 6.07) is 7.95. The Morgan fingerprint density at radius 3 is 2.68 bits per heavy atom. The molecule has 0 spiro atoms. The molecule has 1 aromatic carbocycles. The van der Waals surface area contributed by atoms with Gasteiger partial charge in [-0.1, -0.05) is 12.1 Å². The number of hydrogen-bond donors (Lipinski definition) is 2. The number of carboxylic acid groups (broad SMARTS) is 1. The SMILES string of the molecule is NC1CCCC(Oc2ccc(CCC(=O)O)cc2)C1. The van der Waals surface area contributed by atoms with Crippen molar-refractivity contribution in [1.82, 2.24) is 0 Å². The fourth-order valence-electron chi connectivity index (χ4n) is 2.47. The Labute approximate surface area is 113 Å². The summed E-state index contributed by atoms with van der Waals surface area (Å²) < 4.78 is 5.91. The second kappa shape index (κ2) is 6.57. The molecule has 1 aromatic rings. The van der Waals surface area contributed by atoms with E-state index in [2.05, 4.69) is 0 Å². The van der Waals surface area contributed by atoms with Crippen molar-refractivity contribution >= 4 is 5.97 Å². The molecular formula is C15H21NO3. The van der Waals surface area contributed by atoms with E-state index in [-0.39, 0.29) is 18.6 Å². The number of carboxylic acids is 1. The minimum Gasteiger partial charge on any atom is -0.490 e. The normalized spacial score (nSPS) is 23.0. The molecule has 1 fully saturated rings. The first kappa shape index (κ1) is 13.9. The van der Waals surface area contributed by atoms with Crippen LogP contribution in [0.3, 0.4) is 0 Å². The van der Waals surface area contributed by atoms with Crippen molar-refractivity contribution in [2.24, 2.45) is 5.73 Å². The third-order valence-corrected chi connectivity index (χ3v) is 3.52. The van der Waals surface area contributed by atoms with Gasteiger partial charge in [-0.3, -0.25) is 4.79 Å². The van der Waals surface area contributed by atoms with E-state index in [1.165, 1.54) is 0 Å². The summed E-state index contributed by atoms with van der Waals surface area (Å²) in [7, 11) is 0. The van der Waals surface area contributed by atoms with Crippen LogP contribution in [0.15, 0.2) is 24.3 Å². The van der Waals surface area contributed by atoms with Gasteiger partial charge in [-0.2, -0.15) is 0 Å². The highest BCUT2D eigenvalue weighted by molar-refractivity contribution is 5.67. The number of carbonyl (C=O) groups is 1. The summed E-state index contributed by atoms with van der Waals surface area (Å²) in [6.07, 6.45) is 5.14. The molecule has 0 bridgehead atoms. The van der Waals surface area contributed by atoms with Gasteiger partial charge in [0.1, 0.15) is 11.9 Å².